The maximum absolute atomic E-state index is 12.2. The van der Waals surface area contributed by atoms with Crippen LogP contribution in [0.3, 0.4) is 0 Å². The van der Waals surface area contributed by atoms with Crippen LogP contribution < -0.4 is 4.40 Å². The number of aliphatic hydroxyl groups excluding tert-OH is 1. The van der Waals surface area contributed by atoms with Gasteiger partial charge < -0.3 is 5.11 Å². The summed E-state index contributed by atoms with van der Waals surface area (Å²) in [6, 6.07) is 22.4. The molecule has 0 amide bonds. The number of hydrogen-bond acceptors (Lipinski definition) is 4. The van der Waals surface area contributed by atoms with Gasteiger partial charge in [-0.25, -0.2) is 0 Å². The Morgan fingerprint density at radius 2 is 1.51 bits per heavy atom. The molecule has 4 rings (SSSR count). The van der Waals surface area contributed by atoms with E-state index >= 15 is 0 Å². The van der Waals surface area contributed by atoms with Gasteiger partial charge >= 0.3 is 151 Å². The summed E-state index contributed by atoms with van der Waals surface area (Å²) in [7, 11) is 0. The number of benzene rings is 3. The van der Waals surface area contributed by atoms with Gasteiger partial charge in [-0.3, -0.25) is 4.79 Å². The second kappa shape index (κ2) is 15.1. The first-order valence-corrected chi connectivity index (χ1v) is 22.7. The Hall–Kier alpha value is -2.34. The molecule has 0 bridgehead atoms. The normalized spacial score (nSPS) is 12.5. The molecule has 3 aromatic carbocycles. The standard InChI is InChI=1S/C22H21GeN2.C15H28O2.Ir/c1-15-24-21(17-9-6-5-7-10-17)18-14-13-16-11-8-12-19(23(2,3)4)20(16)22(18)25-15;1-7-14(5,8-2)12(16)11-13(17)15(6,9-3)10-4;/h5-9,11-14H,1-4H3;11,16H,7-10H2,1-6H3;/q-1;;/b;12-11-;. The van der Waals surface area contributed by atoms with E-state index in [0.717, 1.165) is 53.7 Å². The maximum Gasteiger partial charge on any atom is 0 e. The van der Waals surface area contributed by atoms with Gasteiger partial charge in [0.25, 0.3) is 0 Å². The van der Waals surface area contributed by atoms with Crippen LogP contribution in [0.5, 0.6) is 0 Å². The Morgan fingerprint density at radius 3 is 2.05 bits per heavy atom. The number of carbonyl (C=O) groups is 1. The number of aromatic nitrogens is 2. The molecule has 0 saturated heterocycles. The van der Waals surface area contributed by atoms with E-state index in [9.17, 15) is 9.90 Å². The third kappa shape index (κ3) is 8.23. The van der Waals surface area contributed by atoms with Crippen LogP contribution >= 0.6 is 0 Å². The summed E-state index contributed by atoms with van der Waals surface area (Å²) in [6.45, 7) is 14.1. The molecule has 43 heavy (non-hydrogen) atoms. The number of carbonyl (C=O) groups excluding carboxylic acids is 1. The van der Waals surface area contributed by atoms with Gasteiger partial charge in [-0.15, -0.1) is 0 Å². The van der Waals surface area contributed by atoms with E-state index in [1.807, 2.05) is 66.7 Å². The second-order valence-corrected chi connectivity index (χ2v) is 23.5. The number of ketones is 1. The topological polar surface area (TPSA) is 63.1 Å². The molecule has 0 atom stereocenters. The smallest absolute Gasteiger partial charge is 0 e. The Bertz CT molecular complexity index is 1570. The molecule has 0 aliphatic carbocycles. The molecule has 1 heterocycles. The zero-order valence-corrected chi connectivity index (χ0v) is 32.2. The fraction of sp³-hybridized carbons (Fsp3) is 0.432. The molecule has 0 spiro atoms. The zero-order chi connectivity index (χ0) is 31.3. The van der Waals surface area contributed by atoms with Crippen molar-refractivity contribution < 1.29 is 30.0 Å². The maximum atomic E-state index is 12.2. The Kier molecular flexibility index (Phi) is 12.9. The molecular formula is C37H49GeIrN2O2-. The Labute approximate surface area is 275 Å². The monoisotopic (exact) mass is 820 g/mol. The number of hydrogen-bond donors (Lipinski definition) is 1. The number of aliphatic hydroxyl groups is 1. The van der Waals surface area contributed by atoms with Crippen molar-refractivity contribution in [3.05, 3.63) is 78.3 Å². The van der Waals surface area contributed by atoms with Gasteiger partial charge in [-0.1, -0.05) is 41.5 Å². The average Bonchev–Trinajstić information content (AvgIpc) is 2.99. The van der Waals surface area contributed by atoms with Crippen molar-refractivity contribution >= 4 is 45.1 Å². The number of allylic oxidation sites excluding steroid dienone is 2. The van der Waals surface area contributed by atoms with Gasteiger partial charge in [0.2, 0.25) is 0 Å². The first kappa shape index (κ1) is 36.9. The molecule has 0 aliphatic rings. The first-order valence-electron chi connectivity index (χ1n) is 15.4. The number of rotatable bonds is 9. The minimum absolute atomic E-state index is 0. The fourth-order valence-corrected chi connectivity index (χ4v) is 8.51. The molecule has 0 unspecified atom stereocenters. The van der Waals surface area contributed by atoms with Crippen molar-refractivity contribution in [3.8, 4) is 11.3 Å². The summed E-state index contributed by atoms with van der Waals surface area (Å²) in [6.07, 6.45) is 4.75. The van der Waals surface area contributed by atoms with Crippen LogP contribution in [0.2, 0.25) is 17.3 Å². The average molecular weight is 819 g/mol. The van der Waals surface area contributed by atoms with Crippen molar-refractivity contribution in [2.24, 2.45) is 10.8 Å². The van der Waals surface area contributed by atoms with Gasteiger partial charge in [-0.05, 0) is 25.7 Å². The predicted molar refractivity (Wildman–Crippen MR) is 182 cm³/mol. The molecule has 0 fully saturated rings. The number of aryl methyl sites for hydroxylation is 1. The Morgan fingerprint density at radius 1 is 0.884 bits per heavy atom. The predicted octanol–water partition coefficient (Wildman–Crippen LogP) is 9.75. The van der Waals surface area contributed by atoms with Crippen molar-refractivity contribution in [1.29, 1.82) is 0 Å². The Balaban J connectivity index is 0.000000318. The summed E-state index contributed by atoms with van der Waals surface area (Å²) < 4.78 is 1.50. The van der Waals surface area contributed by atoms with E-state index in [2.05, 4.69) is 59.7 Å². The van der Waals surface area contributed by atoms with Gasteiger partial charge in [0.05, 0.1) is 0 Å². The second-order valence-electron chi connectivity index (χ2n) is 12.9. The van der Waals surface area contributed by atoms with E-state index in [4.69, 9.17) is 9.97 Å². The number of nitrogens with zero attached hydrogens (tertiary/aromatic N) is 2. The zero-order valence-electron chi connectivity index (χ0n) is 27.7. The summed E-state index contributed by atoms with van der Waals surface area (Å²) in [5.74, 6) is 8.41. The van der Waals surface area contributed by atoms with Crippen molar-refractivity contribution in [3.63, 3.8) is 0 Å². The van der Waals surface area contributed by atoms with E-state index in [-0.39, 0.29) is 42.5 Å². The first-order chi connectivity index (χ1) is 19.7. The molecule has 0 saturated carbocycles. The minimum Gasteiger partial charge on any atom is 0 e. The molecule has 0 aliphatic heterocycles. The van der Waals surface area contributed by atoms with Crippen LogP contribution in [0.15, 0.2) is 66.4 Å². The van der Waals surface area contributed by atoms with Gasteiger partial charge in [0, 0.05) is 37.0 Å². The van der Waals surface area contributed by atoms with Gasteiger partial charge in [0.15, 0.2) is 5.78 Å². The molecule has 1 radical (unpaired) electrons. The number of fused-ring (bicyclic) bond motifs is 3. The van der Waals surface area contributed by atoms with E-state index in [0.29, 0.717) is 0 Å². The van der Waals surface area contributed by atoms with Crippen LogP contribution in [0.4, 0.5) is 0 Å². The summed E-state index contributed by atoms with van der Waals surface area (Å²) in [5.41, 5.74) is 2.47. The summed E-state index contributed by atoms with van der Waals surface area (Å²) >= 11 is -2.04. The fourth-order valence-electron chi connectivity index (χ4n) is 5.13. The molecule has 1 aromatic heterocycles. The summed E-state index contributed by atoms with van der Waals surface area (Å²) in [4.78, 5) is 21.8. The van der Waals surface area contributed by atoms with E-state index < -0.39 is 13.3 Å². The third-order valence-corrected chi connectivity index (χ3v) is 13.5. The van der Waals surface area contributed by atoms with Crippen LogP contribution in [-0.4, -0.2) is 34.1 Å². The van der Waals surface area contributed by atoms with Crippen LogP contribution in [-0.2, 0) is 24.9 Å². The minimum atomic E-state index is -2.04. The third-order valence-electron chi connectivity index (χ3n) is 9.20. The van der Waals surface area contributed by atoms with Crippen molar-refractivity contribution in [2.45, 2.75) is 91.4 Å². The molecule has 1 N–H and O–H groups in total. The summed E-state index contributed by atoms with van der Waals surface area (Å²) in [5, 5.41) is 13.8. The quantitative estimate of drug-likeness (QED) is 0.0601. The van der Waals surface area contributed by atoms with Gasteiger partial charge in [0.1, 0.15) is 5.76 Å². The van der Waals surface area contributed by atoms with Crippen molar-refractivity contribution in [2.75, 3.05) is 0 Å². The van der Waals surface area contributed by atoms with E-state index in [1.165, 1.54) is 21.2 Å². The molecule has 6 heteroatoms. The molecule has 233 valence electrons. The van der Waals surface area contributed by atoms with Crippen LogP contribution in [0, 0.1) is 23.8 Å². The van der Waals surface area contributed by atoms with Crippen LogP contribution in [0.1, 0.15) is 73.1 Å². The van der Waals surface area contributed by atoms with E-state index in [1.54, 1.807) is 0 Å². The largest absolute Gasteiger partial charge is 0 e. The van der Waals surface area contributed by atoms with Gasteiger partial charge in [-0.2, -0.15) is 0 Å². The van der Waals surface area contributed by atoms with Crippen LogP contribution in [0.25, 0.3) is 32.9 Å². The molecule has 4 nitrogen and oxygen atoms in total. The molecule has 4 aromatic rings. The SMILES string of the molecule is CCC(C)(CC)C(=O)/C=C(\O)C(C)(CC)CC.Cc1nc(-c2[c-]cccc2)c2ccc3ccc[c]([Ge]([CH3])([CH3])[CH3])c3c2n1.[Ir]. The molecular weight excluding hydrogens is 769 g/mol. The van der Waals surface area contributed by atoms with Crippen molar-refractivity contribution in [1.82, 2.24) is 9.97 Å².